The summed E-state index contributed by atoms with van der Waals surface area (Å²) in [7, 11) is -6.36. The maximum absolute atomic E-state index is 13.8. The summed E-state index contributed by atoms with van der Waals surface area (Å²) in [6.07, 6.45) is -11.3. The number of ether oxygens (including phenoxy) is 1. The molecule has 4 unspecified atom stereocenters. The average Bonchev–Trinajstić information content (AvgIpc) is 3.12. The Hall–Kier alpha value is -0.880. The largest absolute Gasteiger partial charge is 0.423 e. The van der Waals surface area contributed by atoms with E-state index in [0.717, 1.165) is 19.3 Å². The van der Waals surface area contributed by atoms with Crippen molar-refractivity contribution in [1.82, 2.24) is 0 Å². The van der Waals surface area contributed by atoms with Crippen LogP contribution >= 0.6 is 0 Å². The van der Waals surface area contributed by atoms with Crippen molar-refractivity contribution in [2.45, 2.75) is 61.7 Å². The van der Waals surface area contributed by atoms with Gasteiger partial charge in [-0.3, -0.25) is 4.55 Å². The van der Waals surface area contributed by atoms with Gasteiger partial charge in [0.1, 0.15) is 0 Å². The van der Waals surface area contributed by atoms with Crippen molar-refractivity contribution in [2.75, 3.05) is 0 Å². The molecule has 12 heteroatoms. The molecule has 0 radical (unpaired) electrons. The average molecular weight is 428 g/mol. The van der Waals surface area contributed by atoms with Crippen LogP contribution in [-0.2, 0) is 14.9 Å². The molecule has 4 atom stereocenters. The summed E-state index contributed by atoms with van der Waals surface area (Å²) in [5.74, 6) is -4.87. The first-order valence-electron chi connectivity index (χ1n) is 8.19. The standard InChI is InChI=1S/C15H19F7O4S/c1-2-13(18,27(23,24)25)15(21,22)26-14(19,20)12(16,17)6-5-11-8-9-3-4-10(11)7-9/h2,9-11H,1,3-8H2,(H,23,24,25). The fourth-order valence-corrected chi connectivity index (χ4v) is 4.47. The number of alkyl halides is 7. The van der Waals surface area contributed by atoms with Crippen molar-refractivity contribution < 1.29 is 48.4 Å². The molecule has 0 spiro atoms. The van der Waals surface area contributed by atoms with Gasteiger partial charge in [0.2, 0.25) is 0 Å². The summed E-state index contributed by atoms with van der Waals surface area (Å²) in [4.78, 5) is 0. The number of rotatable bonds is 9. The van der Waals surface area contributed by atoms with E-state index in [1.807, 2.05) is 0 Å². The molecule has 0 saturated heterocycles. The Morgan fingerprint density at radius 3 is 2.04 bits per heavy atom. The highest BCUT2D eigenvalue weighted by Gasteiger charge is 2.71. The highest BCUT2D eigenvalue weighted by molar-refractivity contribution is 7.87. The van der Waals surface area contributed by atoms with E-state index < -0.39 is 45.8 Å². The van der Waals surface area contributed by atoms with Gasteiger partial charge in [-0.25, -0.2) is 9.13 Å². The molecule has 0 aliphatic heterocycles. The zero-order chi connectivity index (χ0) is 20.9. The first-order chi connectivity index (χ1) is 12.1. The van der Waals surface area contributed by atoms with E-state index in [2.05, 4.69) is 11.3 Å². The number of hydrogen-bond acceptors (Lipinski definition) is 3. The molecule has 2 aliphatic rings. The molecular formula is C15H19F7O4S. The minimum atomic E-state index is -6.36. The molecule has 0 aromatic rings. The highest BCUT2D eigenvalue weighted by Crippen LogP contribution is 2.52. The van der Waals surface area contributed by atoms with Crippen LogP contribution in [-0.4, -0.2) is 36.1 Å². The molecule has 2 aliphatic carbocycles. The Bertz CT molecular complexity index is 682. The second-order valence-corrected chi connectivity index (χ2v) is 8.68. The fourth-order valence-electron chi connectivity index (χ4n) is 3.92. The van der Waals surface area contributed by atoms with Crippen molar-refractivity contribution >= 4 is 10.1 Å². The zero-order valence-corrected chi connectivity index (χ0v) is 14.8. The van der Waals surface area contributed by atoms with Gasteiger partial charge in [-0.05, 0) is 49.5 Å². The van der Waals surface area contributed by atoms with E-state index in [0.29, 0.717) is 12.3 Å². The summed E-state index contributed by atoms with van der Waals surface area (Å²) in [6, 6.07) is 0. The SMILES string of the molecule is C=CC(F)(C(F)(F)OC(F)(F)C(F)(F)CCC1CC2CCC1C2)S(=O)(=O)O. The summed E-state index contributed by atoms with van der Waals surface area (Å²) in [5, 5.41) is -5.23. The lowest BCUT2D eigenvalue weighted by molar-refractivity contribution is -0.443. The van der Waals surface area contributed by atoms with Gasteiger partial charge in [0, 0.05) is 6.42 Å². The third-order valence-corrected chi connectivity index (χ3v) is 6.59. The van der Waals surface area contributed by atoms with Gasteiger partial charge < -0.3 is 0 Å². The molecule has 158 valence electrons. The quantitative estimate of drug-likeness (QED) is 0.326. The molecule has 2 saturated carbocycles. The van der Waals surface area contributed by atoms with Crippen molar-refractivity contribution in [3.63, 3.8) is 0 Å². The molecule has 2 fully saturated rings. The van der Waals surface area contributed by atoms with E-state index in [-0.39, 0.29) is 18.3 Å². The van der Waals surface area contributed by atoms with Crippen LogP contribution in [0, 0.1) is 17.8 Å². The van der Waals surface area contributed by atoms with Crippen LogP contribution in [0.5, 0.6) is 0 Å². The Kier molecular flexibility index (Phi) is 5.70. The van der Waals surface area contributed by atoms with Crippen LogP contribution in [0.15, 0.2) is 12.7 Å². The number of halogens is 7. The molecule has 2 bridgehead atoms. The Labute approximate surface area is 151 Å². The number of hydrogen-bond donors (Lipinski definition) is 1. The Morgan fingerprint density at radius 2 is 1.63 bits per heavy atom. The smallest absolute Gasteiger partial charge is 0.283 e. The molecule has 2 rings (SSSR count). The highest BCUT2D eigenvalue weighted by atomic mass is 32.2. The van der Waals surface area contributed by atoms with E-state index in [1.165, 1.54) is 0 Å². The van der Waals surface area contributed by atoms with E-state index in [9.17, 15) is 39.2 Å². The minimum absolute atomic E-state index is 0.126. The lowest BCUT2D eigenvalue weighted by atomic mass is 9.84. The normalized spacial score (nSPS) is 29.0. The first-order valence-corrected chi connectivity index (χ1v) is 9.63. The zero-order valence-electron chi connectivity index (χ0n) is 14.0. The van der Waals surface area contributed by atoms with Crippen molar-refractivity contribution in [2.24, 2.45) is 17.8 Å². The first kappa shape index (κ1) is 22.4. The van der Waals surface area contributed by atoms with Crippen molar-refractivity contribution in [3.05, 3.63) is 12.7 Å². The van der Waals surface area contributed by atoms with Crippen LogP contribution < -0.4 is 0 Å². The van der Waals surface area contributed by atoms with Gasteiger partial charge in [0.25, 0.3) is 0 Å². The summed E-state index contributed by atoms with van der Waals surface area (Å²) in [6.45, 7) is 2.36. The monoisotopic (exact) mass is 428 g/mol. The van der Waals surface area contributed by atoms with E-state index in [4.69, 9.17) is 4.55 Å². The third kappa shape index (κ3) is 3.98. The number of fused-ring (bicyclic) bond motifs is 2. The maximum atomic E-state index is 13.8. The lowest BCUT2D eigenvalue weighted by Crippen LogP contribution is -2.57. The van der Waals surface area contributed by atoms with Crippen LogP contribution in [0.3, 0.4) is 0 Å². The van der Waals surface area contributed by atoms with Gasteiger partial charge >= 0.3 is 33.3 Å². The fraction of sp³-hybridized carbons (Fsp3) is 0.867. The minimum Gasteiger partial charge on any atom is -0.283 e. The van der Waals surface area contributed by atoms with Crippen molar-refractivity contribution in [1.29, 1.82) is 0 Å². The van der Waals surface area contributed by atoms with E-state index >= 15 is 0 Å². The molecule has 0 aromatic heterocycles. The molecular weight excluding hydrogens is 409 g/mol. The second-order valence-electron chi connectivity index (χ2n) is 7.14. The van der Waals surface area contributed by atoms with Gasteiger partial charge in [-0.15, -0.1) is 0 Å². The molecule has 0 amide bonds. The molecule has 1 N–H and O–H groups in total. The Balaban J connectivity index is 2.11. The van der Waals surface area contributed by atoms with Gasteiger partial charge in [-0.2, -0.15) is 34.8 Å². The van der Waals surface area contributed by atoms with Crippen LogP contribution in [0.4, 0.5) is 30.7 Å². The van der Waals surface area contributed by atoms with Crippen molar-refractivity contribution in [3.8, 4) is 0 Å². The van der Waals surface area contributed by atoms with Gasteiger partial charge in [-0.1, -0.05) is 13.0 Å². The van der Waals surface area contributed by atoms with Crippen LogP contribution in [0.2, 0.25) is 0 Å². The third-order valence-electron chi connectivity index (χ3n) is 5.43. The van der Waals surface area contributed by atoms with Crippen LogP contribution in [0.25, 0.3) is 0 Å². The molecule has 4 nitrogen and oxygen atoms in total. The predicted molar refractivity (Wildman–Crippen MR) is 79.7 cm³/mol. The van der Waals surface area contributed by atoms with Crippen LogP contribution in [0.1, 0.15) is 38.5 Å². The summed E-state index contributed by atoms with van der Waals surface area (Å²) < 4.78 is 129. The second kappa shape index (κ2) is 6.87. The summed E-state index contributed by atoms with van der Waals surface area (Å²) in [5.41, 5.74) is 0. The van der Waals surface area contributed by atoms with Gasteiger partial charge in [0.15, 0.2) is 0 Å². The summed E-state index contributed by atoms with van der Waals surface area (Å²) >= 11 is 0. The topological polar surface area (TPSA) is 63.6 Å². The molecule has 27 heavy (non-hydrogen) atoms. The molecule has 0 heterocycles. The Morgan fingerprint density at radius 1 is 1.04 bits per heavy atom. The molecule has 0 aromatic carbocycles. The van der Waals surface area contributed by atoms with Gasteiger partial charge in [0.05, 0.1) is 0 Å². The maximum Gasteiger partial charge on any atom is 0.423 e. The van der Waals surface area contributed by atoms with E-state index in [1.54, 1.807) is 0 Å². The predicted octanol–water partition coefficient (Wildman–Crippen LogP) is 4.78. The lowest BCUT2D eigenvalue weighted by Gasteiger charge is -2.34.